The number of hydrogen-bond acceptors (Lipinski definition) is 7. The molecule has 19 heavy (non-hydrogen) atoms. The average molecular weight is 587 g/mol. The summed E-state index contributed by atoms with van der Waals surface area (Å²) in [5.74, 6) is -2.81. The average Bonchev–Trinajstić information content (AvgIpc) is 2.17. The minimum absolute atomic E-state index is 0. The molecule has 0 bridgehead atoms. The van der Waals surface area contributed by atoms with Crippen molar-refractivity contribution in [3.63, 3.8) is 0 Å². The first kappa shape index (κ1) is 27.8. The van der Waals surface area contributed by atoms with Gasteiger partial charge in [0.05, 0.1) is 11.9 Å². The first-order valence-electron chi connectivity index (χ1n) is 3.69. The number of carbonyl (C=O) groups is 2. The monoisotopic (exact) mass is 584 g/mol. The Morgan fingerprint density at radius 2 is 1.16 bits per heavy atom. The molecule has 0 N–H and O–H groups in total. The summed E-state index contributed by atoms with van der Waals surface area (Å²) in [6.07, 6.45) is 0. The molecule has 0 aliphatic rings. The van der Waals surface area contributed by atoms with Gasteiger partial charge >= 0.3 is 93.9 Å². The van der Waals surface area contributed by atoms with E-state index in [1.807, 2.05) is 0 Å². The molecule has 0 amide bonds. The van der Waals surface area contributed by atoms with Crippen LogP contribution in [-0.4, -0.2) is 11.9 Å². The molecule has 0 fully saturated rings. The van der Waals surface area contributed by atoms with Crippen LogP contribution < -0.4 is 14.2 Å². The Morgan fingerprint density at radius 1 is 0.895 bits per heavy atom. The standard InChI is InChI=1S/C8H6O4.3Ag.3O.V/c9-7(10)5-2-1-3-6(4-5)8(11)12;;;;;;;/h1-4H,(H,9,10)(H,11,12);;;;;;;/q;3*+1;;;-1;/p-2. The first-order valence-corrected chi connectivity index (χ1v) is 5.40. The van der Waals surface area contributed by atoms with E-state index in [0.717, 1.165) is 6.07 Å². The molecule has 1 aromatic carbocycles. The normalized spacial score (nSPS) is 7.21. The third kappa shape index (κ3) is 14.7. The number of carboxylic acids is 2. The molecule has 0 radical (unpaired) electrons. The van der Waals surface area contributed by atoms with E-state index >= 15 is 0 Å². The van der Waals surface area contributed by atoms with Gasteiger partial charge in [-0.3, -0.25) is 0 Å². The molecule has 1 aromatic rings. The van der Waals surface area contributed by atoms with E-state index in [9.17, 15) is 19.8 Å². The van der Waals surface area contributed by atoms with Crippen molar-refractivity contribution in [2.24, 2.45) is 0 Å². The predicted molar refractivity (Wildman–Crippen MR) is 36.5 cm³/mol. The van der Waals surface area contributed by atoms with Crippen molar-refractivity contribution in [1.82, 2.24) is 0 Å². The summed E-state index contributed by atoms with van der Waals surface area (Å²) in [6.45, 7) is 0. The van der Waals surface area contributed by atoms with Gasteiger partial charge in [0.2, 0.25) is 0 Å². The summed E-state index contributed by atoms with van der Waals surface area (Å²) in [5.41, 5.74) is -0.339. The van der Waals surface area contributed by atoms with Gasteiger partial charge in [0, 0.05) is 0 Å². The van der Waals surface area contributed by atoms with Crippen molar-refractivity contribution < 1.29 is 114 Å². The molecule has 0 heterocycles. The van der Waals surface area contributed by atoms with Crippen LogP contribution in [0.2, 0.25) is 0 Å². The predicted octanol–water partition coefficient (Wildman–Crippen LogP) is -3.02. The van der Waals surface area contributed by atoms with Gasteiger partial charge in [-0.25, -0.2) is 0 Å². The zero-order valence-electron chi connectivity index (χ0n) is 8.52. The number of carboxylic acid groups (broad SMARTS) is 2. The fourth-order valence-corrected chi connectivity index (χ4v) is 0.773. The molecule has 11 heteroatoms. The van der Waals surface area contributed by atoms with E-state index in [2.05, 4.69) is 0 Å². The summed E-state index contributed by atoms with van der Waals surface area (Å²) in [7, 11) is 0. The Balaban J connectivity index is -0.000000144. The van der Waals surface area contributed by atoms with E-state index in [-0.39, 0.29) is 78.3 Å². The van der Waals surface area contributed by atoms with Crippen LogP contribution >= 0.6 is 0 Å². The van der Waals surface area contributed by atoms with Crippen molar-refractivity contribution in [3.05, 3.63) is 35.4 Å². The Kier molecular flexibility index (Phi) is 21.8. The number of carbonyl (C=O) groups excluding carboxylic acids is 2. The number of rotatable bonds is 2. The SMILES string of the molecule is O=C([O-])c1cccc(C(=O)[O-])c1.[Ag+].[Ag+].[Ag+].[O]=[V](=[O])[O-]. The van der Waals surface area contributed by atoms with E-state index in [1.165, 1.54) is 18.2 Å². The second-order valence-corrected chi connectivity index (χ2v) is 3.08. The van der Waals surface area contributed by atoms with Gasteiger partial charge in [0.15, 0.2) is 0 Å². The quantitative estimate of drug-likeness (QED) is 0.337. The maximum absolute atomic E-state index is 10.3. The third-order valence-corrected chi connectivity index (χ3v) is 1.33. The third-order valence-electron chi connectivity index (χ3n) is 1.33. The van der Waals surface area contributed by atoms with Crippen LogP contribution in [0.25, 0.3) is 0 Å². The first-order chi connectivity index (χ1) is 7.34. The second kappa shape index (κ2) is 14.9. The number of hydrogen-bond donors (Lipinski definition) is 0. The number of aromatic carboxylic acids is 2. The van der Waals surface area contributed by atoms with Gasteiger partial charge in [-0.2, -0.15) is 0 Å². The molecule has 7 nitrogen and oxygen atoms in total. The van der Waals surface area contributed by atoms with Crippen LogP contribution in [0.5, 0.6) is 0 Å². The molecule has 0 atom stereocenters. The fourth-order valence-electron chi connectivity index (χ4n) is 0.773. The molecule has 0 aliphatic carbocycles. The summed E-state index contributed by atoms with van der Waals surface area (Å²) >= 11 is -3.94. The molecule has 0 saturated heterocycles. The van der Waals surface area contributed by atoms with Crippen LogP contribution in [0.1, 0.15) is 20.7 Å². The van der Waals surface area contributed by atoms with Gasteiger partial charge < -0.3 is 19.8 Å². The Morgan fingerprint density at radius 3 is 1.37 bits per heavy atom. The van der Waals surface area contributed by atoms with E-state index in [4.69, 9.17) is 11.4 Å². The van der Waals surface area contributed by atoms with Gasteiger partial charge in [0.1, 0.15) is 0 Å². The van der Waals surface area contributed by atoms with Gasteiger partial charge in [0.25, 0.3) is 0 Å². The molecule has 0 spiro atoms. The summed E-state index contributed by atoms with van der Waals surface area (Å²) in [4.78, 5) is 20.5. The molecule has 0 aromatic heterocycles. The van der Waals surface area contributed by atoms with E-state index < -0.39 is 27.3 Å². The van der Waals surface area contributed by atoms with Gasteiger partial charge in [-0.1, -0.05) is 18.2 Å². The van der Waals surface area contributed by atoms with E-state index in [1.54, 1.807) is 0 Å². The Labute approximate surface area is 159 Å². The zero-order valence-corrected chi connectivity index (χ0v) is 14.4. The van der Waals surface area contributed by atoms with Crippen molar-refractivity contribution in [2.75, 3.05) is 0 Å². The molecule has 0 unspecified atom stereocenters. The second-order valence-electron chi connectivity index (χ2n) is 2.38. The van der Waals surface area contributed by atoms with Crippen LogP contribution in [0.15, 0.2) is 24.3 Å². The van der Waals surface area contributed by atoms with Crippen molar-refractivity contribution in [3.8, 4) is 0 Å². The zero-order chi connectivity index (χ0) is 12.7. The number of benzene rings is 1. The minimum atomic E-state index is -3.94. The topological polar surface area (TPSA) is 137 Å². The molecule has 0 saturated carbocycles. The van der Waals surface area contributed by atoms with Crippen molar-refractivity contribution in [2.45, 2.75) is 0 Å². The maximum atomic E-state index is 10.3. The molecule has 116 valence electrons. The van der Waals surface area contributed by atoms with Crippen molar-refractivity contribution >= 4 is 11.9 Å². The molecular weight excluding hydrogens is 583 g/mol. The summed E-state index contributed by atoms with van der Waals surface area (Å²) < 4.78 is 25.7. The van der Waals surface area contributed by atoms with Crippen LogP contribution in [0, 0.1) is 0 Å². The van der Waals surface area contributed by atoms with Crippen LogP contribution in [0.3, 0.4) is 0 Å². The summed E-state index contributed by atoms with van der Waals surface area (Å²) in [6, 6.07) is 4.81. The van der Waals surface area contributed by atoms with Crippen LogP contribution in [-0.2, 0) is 89.9 Å². The van der Waals surface area contributed by atoms with Gasteiger partial charge in [-0.15, -0.1) is 0 Å². The molecule has 0 aliphatic heterocycles. The Bertz CT molecular complexity index is 438. The molecular formula is C8H4Ag3O7V. The van der Waals surface area contributed by atoms with Crippen LogP contribution in [0.4, 0.5) is 0 Å². The van der Waals surface area contributed by atoms with Gasteiger partial charge in [-0.05, 0) is 17.2 Å². The molecule has 1 rings (SSSR count). The van der Waals surface area contributed by atoms with E-state index in [0.29, 0.717) is 0 Å². The van der Waals surface area contributed by atoms with Crippen molar-refractivity contribution in [1.29, 1.82) is 0 Å². The fraction of sp³-hybridized carbons (Fsp3) is 0. The summed E-state index contributed by atoms with van der Waals surface area (Å²) in [5, 5.41) is 20.5. The Hall–Kier alpha value is 0.525.